The van der Waals surface area contributed by atoms with Crippen molar-refractivity contribution < 1.29 is 9.84 Å². The van der Waals surface area contributed by atoms with Crippen molar-refractivity contribution in [2.45, 2.75) is 33.8 Å². The smallest absolute Gasteiger partial charge is 0.120 e. The van der Waals surface area contributed by atoms with E-state index in [-0.39, 0.29) is 12.7 Å². The third-order valence-corrected chi connectivity index (χ3v) is 2.17. The number of nitrogens with two attached hydrogens (primary N) is 1. The Kier molecular flexibility index (Phi) is 11.7. The monoisotopic (exact) mass is 304 g/mol. The molecule has 1 aromatic heterocycles. The Morgan fingerprint density at radius 1 is 1.14 bits per heavy atom. The highest BCUT2D eigenvalue weighted by Gasteiger charge is 2.01. The van der Waals surface area contributed by atoms with Crippen LogP contribution in [-0.4, -0.2) is 29.3 Å². The van der Waals surface area contributed by atoms with Crippen LogP contribution in [0.25, 0.3) is 11.3 Å². The molecule has 0 radical (unpaired) electrons. The zero-order valence-electron chi connectivity index (χ0n) is 14.0. The van der Waals surface area contributed by atoms with Crippen molar-refractivity contribution in [1.82, 2.24) is 4.98 Å². The number of aromatic nitrogens is 1. The van der Waals surface area contributed by atoms with Gasteiger partial charge >= 0.3 is 0 Å². The van der Waals surface area contributed by atoms with Gasteiger partial charge in [0.2, 0.25) is 0 Å². The number of aliphatic hydroxyl groups is 1. The summed E-state index contributed by atoms with van der Waals surface area (Å²) in [5.74, 6) is 0.887. The number of ether oxygens (including phenoxy) is 1. The van der Waals surface area contributed by atoms with Crippen LogP contribution in [0.15, 0.2) is 48.7 Å². The average Bonchev–Trinajstić information content (AvgIpc) is 2.49. The Balaban J connectivity index is 0.000000639. The molecule has 4 nitrogen and oxygen atoms in total. The predicted octanol–water partition coefficient (Wildman–Crippen LogP) is 3.50. The van der Waals surface area contributed by atoms with Crippen LogP contribution in [0.1, 0.15) is 27.7 Å². The highest BCUT2D eigenvalue weighted by Crippen LogP contribution is 2.22. The summed E-state index contributed by atoms with van der Waals surface area (Å²) in [6.07, 6.45) is 1.99. The second-order valence-electron chi connectivity index (χ2n) is 4.63. The van der Waals surface area contributed by atoms with Gasteiger partial charge < -0.3 is 15.6 Å². The minimum atomic E-state index is 0.194. The highest BCUT2D eigenvalue weighted by atomic mass is 16.5. The van der Waals surface area contributed by atoms with Gasteiger partial charge in [0, 0.05) is 18.4 Å². The Labute approximate surface area is 134 Å². The molecule has 0 aliphatic rings. The summed E-state index contributed by atoms with van der Waals surface area (Å²) in [5.41, 5.74) is 6.90. The summed E-state index contributed by atoms with van der Waals surface area (Å²) >= 11 is 0. The summed E-state index contributed by atoms with van der Waals surface area (Å²) in [7, 11) is 0. The number of benzene rings is 1. The van der Waals surface area contributed by atoms with E-state index in [1.54, 1.807) is 13.1 Å². The Hall–Kier alpha value is -1.91. The Morgan fingerprint density at radius 2 is 1.77 bits per heavy atom. The molecule has 0 atom stereocenters. The Bertz CT molecular complexity index is 485. The standard InChI is InChI=1S/C14H15NO.C2H7N.C2H6O/c1-11(2)16-13-7-5-6-12(10-13)14-8-3-4-9-15-14;2*1-2-3/h3-11H,1-2H3;2-3H2,1H3;3H,2H2,1H3. The fraction of sp³-hybridized carbons (Fsp3) is 0.389. The SMILES string of the molecule is CC(C)Oc1cccc(-c2ccccn2)c1.CCN.CCO. The summed E-state index contributed by atoms with van der Waals surface area (Å²) < 4.78 is 5.65. The normalized spacial score (nSPS) is 9.23. The first-order valence-corrected chi connectivity index (χ1v) is 7.58. The first-order chi connectivity index (χ1) is 10.6. The summed E-state index contributed by atoms with van der Waals surface area (Å²) in [6, 6.07) is 13.9. The van der Waals surface area contributed by atoms with Gasteiger partial charge in [0.05, 0.1) is 11.8 Å². The summed E-state index contributed by atoms with van der Waals surface area (Å²) in [4.78, 5) is 4.31. The van der Waals surface area contributed by atoms with Crippen molar-refractivity contribution in [2.75, 3.05) is 13.2 Å². The van der Waals surface area contributed by atoms with E-state index in [0.29, 0.717) is 0 Å². The van der Waals surface area contributed by atoms with E-state index < -0.39 is 0 Å². The zero-order chi connectivity index (χ0) is 16.8. The van der Waals surface area contributed by atoms with Crippen molar-refractivity contribution in [3.63, 3.8) is 0 Å². The summed E-state index contributed by atoms with van der Waals surface area (Å²) in [5, 5.41) is 7.57. The lowest BCUT2D eigenvalue weighted by Gasteiger charge is -2.10. The van der Waals surface area contributed by atoms with Crippen molar-refractivity contribution >= 4 is 0 Å². The molecule has 0 aliphatic heterocycles. The molecule has 0 amide bonds. The molecule has 0 fully saturated rings. The number of rotatable bonds is 3. The fourth-order valence-corrected chi connectivity index (χ4v) is 1.53. The van der Waals surface area contributed by atoms with E-state index in [1.807, 2.05) is 63.2 Å². The van der Waals surface area contributed by atoms with Crippen LogP contribution in [-0.2, 0) is 0 Å². The van der Waals surface area contributed by atoms with E-state index in [4.69, 9.17) is 15.6 Å². The lowest BCUT2D eigenvalue weighted by Crippen LogP contribution is -2.05. The molecule has 4 heteroatoms. The molecule has 2 aromatic rings. The second-order valence-corrected chi connectivity index (χ2v) is 4.63. The predicted molar refractivity (Wildman–Crippen MR) is 92.9 cm³/mol. The second kappa shape index (κ2) is 12.8. The van der Waals surface area contributed by atoms with Crippen molar-refractivity contribution in [3.05, 3.63) is 48.7 Å². The largest absolute Gasteiger partial charge is 0.491 e. The number of nitrogens with zero attached hydrogens (tertiary/aromatic N) is 1. The lowest BCUT2D eigenvalue weighted by molar-refractivity contribution is 0.242. The van der Waals surface area contributed by atoms with Gasteiger partial charge in [-0.1, -0.05) is 25.1 Å². The molecular formula is C18H28N2O2. The lowest BCUT2D eigenvalue weighted by atomic mass is 10.1. The van der Waals surface area contributed by atoms with Gasteiger partial charge in [-0.05, 0) is 51.6 Å². The van der Waals surface area contributed by atoms with Gasteiger partial charge in [-0.25, -0.2) is 0 Å². The molecule has 2 rings (SSSR count). The van der Waals surface area contributed by atoms with Crippen LogP contribution >= 0.6 is 0 Å². The molecule has 0 spiro atoms. The van der Waals surface area contributed by atoms with Crippen molar-refractivity contribution in [2.24, 2.45) is 5.73 Å². The highest BCUT2D eigenvalue weighted by molar-refractivity contribution is 5.60. The molecule has 1 aromatic carbocycles. The molecule has 22 heavy (non-hydrogen) atoms. The minimum Gasteiger partial charge on any atom is -0.491 e. The van der Waals surface area contributed by atoms with E-state index >= 15 is 0 Å². The molecular weight excluding hydrogens is 276 g/mol. The topological polar surface area (TPSA) is 68.4 Å². The summed E-state index contributed by atoms with van der Waals surface area (Å²) in [6.45, 7) is 8.63. The zero-order valence-corrected chi connectivity index (χ0v) is 14.0. The Morgan fingerprint density at radius 3 is 2.27 bits per heavy atom. The van der Waals surface area contributed by atoms with Crippen LogP contribution in [0.4, 0.5) is 0 Å². The first-order valence-electron chi connectivity index (χ1n) is 7.58. The third kappa shape index (κ3) is 9.10. The van der Waals surface area contributed by atoms with E-state index in [2.05, 4.69) is 4.98 Å². The van der Waals surface area contributed by atoms with E-state index in [0.717, 1.165) is 23.6 Å². The molecule has 0 bridgehead atoms. The van der Waals surface area contributed by atoms with Crippen LogP contribution in [0.2, 0.25) is 0 Å². The van der Waals surface area contributed by atoms with Gasteiger partial charge in [-0.15, -0.1) is 0 Å². The minimum absolute atomic E-state index is 0.194. The number of pyridine rings is 1. The van der Waals surface area contributed by atoms with Crippen molar-refractivity contribution in [3.8, 4) is 17.0 Å². The van der Waals surface area contributed by atoms with Crippen LogP contribution in [0, 0.1) is 0 Å². The molecule has 0 saturated heterocycles. The third-order valence-electron chi connectivity index (χ3n) is 2.17. The van der Waals surface area contributed by atoms with E-state index in [9.17, 15) is 0 Å². The van der Waals surface area contributed by atoms with Gasteiger partial charge in [-0.3, -0.25) is 4.98 Å². The first kappa shape index (κ1) is 20.1. The molecule has 0 aliphatic carbocycles. The van der Waals surface area contributed by atoms with Gasteiger partial charge in [0.15, 0.2) is 0 Å². The molecule has 3 N–H and O–H groups in total. The van der Waals surface area contributed by atoms with E-state index in [1.165, 1.54) is 0 Å². The van der Waals surface area contributed by atoms with Crippen molar-refractivity contribution in [1.29, 1.82) is 0 Å². The van der Waals surface area contributed by atoms with Crippen LogP contribution in [0.5, 0.6) is 5.75 Å². The van der Waals surface area contributed by atoms with Gasteiger partial charge in [0.1, 0.15) is 5.75 Å². The maximum atomic E-state index is 7.57. The molecule has 0 unspecified atom stereocenters. The fourth-order valence-electron chi connectivity index (χ4n) is 1.53. The molecule has 122 valence electrons. The van der Waals surface area contributed by atoms with Gasteiger partial charge in [0.25, 0.3) is 0 Å². The molecule has 0 saturated carbocycles. The quantitative estimate of drug-likeness (QED) is 0.910. The number of aliphatic hydroxyl groups excluding tert-OH is 1. The number of hydrogen-bond acceptors (Lipinski definition) is 4. The maximum absolute atomic E-state index is 7.57. The number of hydrogen-bond donors (Lipinski definition) is 2. The average molecular weight is 304 g/mol. The van der Waals surface area contributed by atoms with Crippen LogP contribution in [0.3, 0.4) is 0 Å². The van der Waals surface area contributed by atoms with Gasteiger partial charge in [-0.2, -0.15) is 0 Å². The van der Waals surface area contributed by atoms with Crippen LogP contribution < -0.4 is 10.5 Å². The maximum Gasteiger partial charge on any atom is 0.120 e. The molecule has 1 heterocycles.